The van der Waals surface area contributed by atoms with E-state index in [1.54, 1.807) is 43.3 Å². The van der Waals surface area contributed by atoms with E-state index >= 15 is 0 Å². The lowest BCUT2D eigenvalue weighted by molar-refractivity contribution is -0.384. The second kappa shape index (κ2) is 8.61. The molecule has 8 heteroatoms. The minimum Gasteiger partial charge on any atom is -0.465 e. The Morgan fingerprint density at radius 2 is 1.81 bits per heavy atom. The molecule has 136 valence electrons. The fourth-order valence-electron chi connectivity index (χ4n) is 2.41. The Kier molecular flexibility index (Phi) is 6.26. The van der Waals surface area contributed by atoms with E-state index in [1.165, 1.54) is 13.2 Å². The van der Waals surface area contributed by atoms with E-state index in [2.05, 4.69) is 10.6 Å². The molecule has 26 heavy (non-hydrogen) atoms. The molecule has 2 aromatic carbocycles. The van der Waals surface area contributed by atoms with Gasteiger partial charge in [-0.2, -0.15) is 0 Å². The van der Waals surface area contributed by atoms with E-state index < -0.39 is 10.9 Å². The van der Waals surface area contributed by atoms with Crippen molar-refractivity contribution in [3.63, 3.8) is 0 Å². The lowest BCUT2D eigenvalue weighted by Crippen LogP contribution is -2.18. The monoisotopic (exact) mass is 357 g/mol. The molecule has 2 rings (SSSR count). The Morgan fingerprint density at radius 3 is 2.50 bits per heavy atom. The predicted molar refractivity (Wildman–Crippen MR) is 97.4 cm³/mol. The predicted octanol–water partition coefficient (Wildman–Crippen LogP) is 3.13. The molecule has 0 heterocycles. The maximum Gasteiger partial charge on any atom is 0.338 e. The van der Waals surface area contributed by atoms with Gasteiger partial charge in [0.05, 0.1) is 17.6 Å². The van der Waals surface area contributed by atoms with Crippen molar-refractivity contribution in [3.05, 3.63) is 63.7 Å². The quantitative estimate of drug-likeness (QED) is 0.447. The van der Waals surface area contributed by atoms with Crippen molar-refractivity contribution in [2.24, 2.45) is 0 Å². The van der Waals surface area contributed by atoms with Crippen LogP contribution in [-0.4, -0.2) is 30.5 Å². The summed E-state index contributed by atoms with van der Waals surface area (Å²) < 4.78 is 4.70. The van der Waals surface area contributed by atoms with Gasteiger partial charge in [-0.15, -0.1) is 0 Å². The number of para-hydroxylation sites is 2. The van der Waals surface area contributed by atoms with E-state index in [0.717, 1.165) is 0 Å². The van der Waals surface area contributed by atoms with Crippen LogP contribution < -0.4 is 10.6 Å². The van der Waals surface area contributed by atoms with Crippen molar-refractivity contribution >= 4 is 28.9 Å². The summed E-state index contributed by atoms with van der Waals surface area (Å²) in [6, 6.07) is 11.2. The fourth-order valence-corrected chi connectivity index (χ4v) is 2.41. The van der Waals surface area contributed by atoms with Gasteiger partial charge in [-0.3, -0.25) is 14.9 Å². The van der Waals surface area contributed by atoms with E-state index in [4.69, 9.17) is 4.74 Å². The van der Waals surface area contributed by atoms with Gasteiger partial charge in [0, 0.05) is 24.7 Å². The van der Waals surface area contributed by atoms with Crippen molar-refractivity contribution in [3.8, 4) is 0 Å². The Labute approximate surface area is 150 Å². The van der Waals surface area contributed by atoms with Crippen molar-refractivity contribution in [2.45, 2.75) is 13.3 Å². The summed E-state index contributed by atoms with van der Waals surface area (Å²) in [6.07, 6.45) is 0.105. The van der Waals surface area contributed by atoms with Gasteiger partial charge < -0.3 is 15.4 Å². The molecule has 0 saturated heterocycles. The molecule has 8 nitrogen and oxygen atoms in total. The molecule has 0 aliphatic heterocycles. The number of benzene rings is 2. The zero-order chi connectivity index (χ0) is 19.1. The molecule has 2 N–H and O–H groups in total. The van der Waals surface area contributed by atoms with Crippen LogP contribution in [0.1, 0.15) is 22.3 Å². The van der Waals surface area contributed by atoms with Gasteiger partial charge >= 0.3 is 5.97 Å². The molecule has 0 spiro atoms. The topological polar surface area (TPSA) is 111 Å². The number of carbonyl (C=O) groups excluding carboxylic acids is 2. The summed E-state index contributed by atoms with van der Waals surface area (Å²) in [5, 5.41) is 16.6. The number of nitrogens with one attached hydrogen (secondary N) is 2. The Morgan fingerprint density at radius 1 is 1.12 bits per heavy atom. The summed E-state index contributed by atoms with van der Waals surface area (Å²) in [6.45, 7) is 1.94. The summed E-state index contributed by atoms with van der Waals surface area (Å²) in [4.78, 5) is 34.3. The van der Waals surface area contributed by atoms with Crippen LogP contribution in [0.4, 0.5) is 17.1 Å². The third-order valence-corrected chi connectivity index (χ3v) is 3.78. The third-order valence-electron chi connectivity index (χ3n) is 3.78. The molecule has 0 unspecified atom stereocenters. The van der Waals surface area contributed by atoms with Crippen LogP contribution in [0.2, 0.25) is 0 Å². The van der Waals surface area contributed by atoms with Crippen LogP contribution in [0.3, 0.4) is 0 Å². The van der Waals surface area contributed by atoms with Gasteiger partial charge in [-0.05, 0) is 30.7 Å². The molecule has 0 bridgehead atoms. The SMILES string of the molecule is COC(=O)c1cccc(NC(=O)CCNc2ccccc2[N+](=O)[O-])c1C. The summed E-state index contributed by atoms with van der Waals surface area (Å²) in [5.41, 5.74) is 1.81. The number of nitrogens with zero attached hydrogens (tertiary/aromatic N) is 1. The lowest BCUT2D eigenvalue weighted by atomic mass is 10.1. The Hall–Kier alpha value is -3.42. The van der Waals surface area contributed by atoms with Crippen LogP contribution in [0, 0.1) is 17.0 Å². The number of hydrogen-bond acceptors (Lipinski definition) is 6. The maximum absolute atomic E-state index is 12.1. The minimum atomic E-state index is -0.482. The number of rotatable bonds is 7. The normalized spacial score (nSPS) is 10.1. The van der Waals surface area contributed by atoms with Crippen molar-refractivity contribution in [2.75, 3.05) is 24.3 Å². The fraction of sp³-hybridized carbons (Fsp3) is 0.222. The Bertz CT molecular complexity index is 835. The molecule has 0 aliphatic carbocycles. The first-order valence-electron chi connectivity index (χ1n) is 7.89. The summed E-state index contributed by atoms with van der Waals surface area (Å²) in [7, 11) is 1.29. The third kappa shape index (κ3) is 4.56. The second-order valence-corrected chi connectivity index (χ2v) is 5.47. The number of carbonyl (C=O) groups is 2. The molecular formula is C18H19N3O5. The highest BCUT2D eigenvalue weighted by Crippen LogP contribution is 2.23. The van der Waals surface area contributed by atoms with E-state index in [0.29, 0.717) is 22.5 Å². The molecule has 2 aromatic rings. The van der Waals surface area contributed by atoms with E-state index in [9.17, 15) is 19.7 Å². The number of hydrogen-bond donors (Lipinski definition) is 2. The smallest absolute Gasteiger partial charge is 0.338 e. The number of nitro groups is 1. The van der Waals surface area contributed by atoms with Crippen molar-refractivity contribution in [1.29, 1.82) is 0 Å². The molecule has 1 amide bonds. The zero-order valence-corrected chi connectivity index (χ0v) is 14.4. The second-order valence-electron chi connectivity index (χ2n) is 5.47. The molecular weight excluding hydrogens is 338 g/mol. The van der Waals surface area contributed by atoms with Gasteiger partial charge in [0.25, 0.3) is 5.69 Å². The largest absolute Gasteiger partial charge is 0.465 e. The van der Waals surface area contributed by atoms with Crippen LogP contribution in [-0.2, 0) is 9.53 Å². The maximum atomic E-state index is 12.1. The average molecular weight is 357 g/mol. The van der Waals surface area contributed by atoms with Gasteiger partial charge in [0.1, 0.15) is 5.69 Å². The minimum absolute atomic E-state index is 0.0467. The number of amides is 1. The van der Waals surface area contributed by atoms with Gasteiger partial charge in [-0.25, -0.2) is 4.79 Å². The molecule has 0 saturated carbocycles. The summed E-state index contributed by atoms with van der Waals surface area (Å²) in [5.74, 6) is -0.752. The van der Waals surface area contributed by atoms with Crippen LogP contribution in [0.5, 0.6) is 0 Å². The van der Waals surface area contributed by atoms with Gasteiger partial charge in [0.15, 0.2) is 0 Å². The molecule has 0 aliphatic rings. The molecule has 0 atom stereocenters. The number of nitro benzene ring substituents is 1. The van der Waals surface area contributed by atoms with E-state index in [1.807, 2.05) is 0 Å². The van der Waals surface area contributed by atoms with Crippen molar-refractivity contribution < 1.29 is 19.2 Å². The molecule has 0 aromatic heterocycles. The highest BCUT2D eigenvalue weighted by molar-refractivity contribution is 5.96. The van der Waals surface area contributed by atoms with Crippen LogP contribution in [0.15, 0.2) is 42.5 Å². The van der Waals surface area contributed by atoms with Crippen LogP contribution in [0.25, 0.3) is 0 Å². The highest BCUT2D eigenvalue weighted by atomic mass is 16.6. The standard InChI is InChI=1S/C18H19N3O5/c1-12-13(18(23)26-2)6-5-8-14(12)20-17(22)10-11-19-15-7-3-4-9-16(15)21(24)25/h3-9,19H,10-11H2,1-2H3,(H,20,22). The number of anilines is 2. The highest BCUT2D eigenvalue weighted by Gasteiger charge is 2.14. The first kappa shape index (κ1) is 18.9. The van der Waals surface area contributed by atoms with E-state index in [-0.39, 0.29) is 24.6 Å². The van der Waals surface area contributed by atoms with Gasteiger partial charge in [0.2, 0.25) is 5.91 Å². The number of methoxy groups -OCH3 is 1. The molecule has 0 radical (unpaired) electrons. The first-order valence-corrected chi connectivity index (χ1v) is 7.89. The van der Waals surface area contributed by atoms with Gasteiger partial charge in [-0.1, -0.05) is 18.2 Å². The molecule has 0 fully saturated rings. The number of ether oxygens (including phenoxy) is 1. The van der Waals surface area contributed by atoms with Crippen molar-refractivity contribution in [1.82, 2.24) is 0 Å². The zero-order valence-electron chi connectivity index (χ0n) is 14.4. The summed E-state index contributed by atoms with van der Waals surface area (Å²) >= 11 is 0. The number of esters is 1. The average Bonchev–Trinajstić information content (AvgIpc) is 2.63. The van der Waals surface area contributed by atoms with Crippen LogP contribution >= 0.6 is 0 Å². The Balaban J connectivity index is 1.96. The first-order chi connectivity index (χ1) is 12.4. The lowest BCUT2D eigenvalue weighted by Gasteiger charge is -2.12.